The first-order valence-corrected chi connectivity index (χ1v) is 9.38. The maximum absolute atomic E-state index is 13.0. The van der Waals surface area contributed by atoms with Crippen LogP contribution in [0, 0.1) is 12.7 Å². The van der Waals surface area contributed by atoms with Gasteiger partial charge in [-0.2, -0.15) is 4.98 Å². The van der Waals surface area contributed by atoms with Crippen LogP contribution in [0.3, 0.4) is 0 Å². The van der Waals surface area contributed by atoms with Crippen LogP contribution in [-0.4, -0.2) is 28.1 Å². The van der Waals surface area contributed by atoms with Crippen molar-refractivity contribution < 1.29 is 18.4 Å². The van der Waals surface area contributed by atoms with E-state index in [1.807, 2.05) is 24.3 Å². The van der Waals surface area contributed by atoms with Gasteiger partial charge in [0.1, 0.15) is 16.4 Å². The summed E-state index contributed by atoms with van der Waals surface area (Å²) in [6.45, 7) is 1.79. The summed E-state index contributed by atoms with van der Waals surface area (Å²) in [5.41, 5.74) is 1.77. The van der Waals surface area contributed by atoms with Crippen LogP contribution in [0.1, 0.15) is 16.1 Å². The van der Waals surface area contributed by atoms with Gasteiger partial charge in [-0.05, 0) is 55.5 Å². The number of amides is 1. The minimum absolute atomic E-state index is 0.313. The van der Waals surface area contributed by atoms with Crippen molar-refractivity contribution in [3.8, 4) is 27.9 Å². The Kier molecular flexibility index (Phi) is 5.05. The van der Waals surface area contributed by atoms with Crippen molar-refractivity contribution in [1.29, 1.82) is 0 Å². The van der Waals surface area contributed by atoms with E-state index in [1.54, 1.807) is 14.0 Å². The molecule has 0 radical (unpaired) electrons. The van der Waals surface area contributed by atoms with Crippen LogP contribution in [0.5, 0.6) is 5.75 Å². The number of carbonyl (C=O) groups is 1. The Bertz CT molecular complexity index is 1150. The highest BCUT2D eigenvalue weighted by Crippen LogP contribution is 2.33. The molecule has 0 saturated heterocycles. The number of hydrogen-bond donors (Lipinski definition) is 1. The summed E-state index contributed by atoms with van der Waals surface area (Å²) >= 11 is 1.22. The Balaban J connectivity index is 1.54. The number of carbonyl (C=O) groups excluding carboxylic acids is 1. The van der Waals surface area contributed by atoms with Gasteiger partial charge < -0.3 is 9.26 Å². The third-order valence-corrected chi connectivity index (χ3v) is 5.15. The lowest BCUT2D eigenvalue weighted by molar-refractivity contribution is 0.102. The third kappa shape index (κ3) is 3.99. The summed E-state index contributed by atoms with van der Waals surface area (Å²) in [7, 11) is 1.60. The van der Waals surface area contributed by atoms with Gasteiger partial charge in [0.2, 0.25) is 5.82 Å². The molecule has 9 heteroatoms. The first kappa shape index (κ1) is 18.8. The Hall–Kier alpha value is -3.59. The molecule has 0 saturated carbocycles. The zero-order valence-corrected chi connectivity index (χ0v) is 16.3. The largest absolute Gasteiger partial charge is 0.497 e. The number of hydrogen-bond acceptors (Lipinski definition) is 7. The van der Waals surface area contributed by atoms with E-state index in [0.717, 1.165) is 11.3 Å². The monoisotopic (exact) mass is 410 g/mol. The number of thiazole rings is 1. The van der Waals surface area contributed by atoms with Crippen LogP contribution in [0.25, 0.3) is 22.2 Å². The zero-order valence-electron chi connectivity index (χ0n) is 15.5. The summed E-state index contributed by atoms with van der Waals surface area (Å²) in [5.74, 6) is 0.700. The highest BCUT2D eigenvalue weighted by atomic mass is 32.1. The molecule has 0 bridgehead atoms. The molecule has 0 aliphatic carbocycles. The van der Waals surface area contributed by atoms with Gasteiger partial charge in [-0.15, -0.1) is 0 Å². The SMILES string of the molecule is COc1ccc(-c2noc(-c3sc(NC(=O)c4ccc(F)cc4)nc3C)n2)cc1. The zero-order chi connectivity index (χ0) is 20.4. The fraction of sp³-hybridized carbons (Fsp3) is 0.100. The molecule has 4 aromatic rings. The van der Waals surface area contributed by atoms with E-state index in [0.29, 0.717) is 33.0 Å². The van der Waals surface area contributed by atoms with Gasteiger partial charge in [-0.25, -0.2) is 9.37 Å². The van der Waals surface area contributed by atoms with Crippen LogP contribution in [-0.2, 0) is 0 Å². The lowest BCUT2D eigenvalue weighted by Crippen LogP contribution is -2.11. The van der Waals surface area contributed by atoms with Crippen LogP contribution in [0.4, 0.5) is 9.52 Å². The number of ether oxygens (including phenoxy) is 1. The molecule has 0 aliphatic heterocycles. The van der Waals surface area contributed by atoms with Gasteiger partial charge in [0.15, 0.2) is 5.13 Å². The fourth-order valence-corrected chi connectivity index (χ4v) is 3.48. The molecule has 1 N–H and O–H groups in total. The van der Waals surface area contributed by atoms with Crippen molar-refractivity contribution >= 4 is 22.4 Å². The Labute approximate surface area is 169 Å². The maximum Gasteiger partial charge on any atom is 0.270 e. The molecule has 1 amide bonds. The summed E-state index contributed by atoms with van der Waals surface area (Å²) in [6, 6.07) is 12.6. The standard InChI is InChI=1S/C20H15FN4O3S/c1-11-16(19-23-17(25-28-19)12-5-9-15(27-2)10-6-12)29-20(22-11)24-18(26)13-3-7-14(21)8-4-13/h3-10H,1-2H3,(H,22,24,26). The van der Waals surface area contributed by atoms with Crippen molar-refractivity contribution in [3.05, 3.63) is 65.6 Å². The van der Waals surface area contributed by atoms with Gasteiger partial charge >= 0.3 is 0 Å². The van der Waals surface area contributed by atoms with Crippen molar-refractivity contribution in [1.82, 2.24) is 15.1 Å². The van der Waals surface area contributed by atoms with E-state index in [-0.39, 0.29) is 5.91 Å². The summed E-state index contributed by atoms with van der Waals surface area (Å²) in [4.78, 5) is 21.7. The van der Waals surface area contributed by atoms with Gasteiger partial charge in [-0.3, -0.25) is 10.1 Å². The molecule has 0 fully saturated rings. The average molecular weight is 410 g/mol. The molecule has 146 valence electrons. The Morgan fingerprint density at radius 3 is 2.52 bits per heavy atom. The second-order valence-corrected chi connectivity index (χ2v) is 7.05. The Morgan fingerprint density at radius 1 is 1.10 bits per heavy atom. The van der Waals surface area contributed by atoms with Crippen molar-refractivity contribution in [2.75, 3.05) is 12.4 Å². The summed E-state index contributed by atoms with van der Waals surface area (Å²) in [5, 5.41) is 7.10. The minimum Gasteiger partial charge on any atom is -0.497 e. The van der Waals surface area contributed by atoms with Crippen molar-refractivity contribution in [2.45, 2.75) is 6.92 Å². The minimum atomic E-state index is -0.405. The fourth-order valence-electron chi connectivity index (χ4n) is 2.59. The number of methoxy groups -OCH3 is 1. The molecule has 4 rings (SSSR count). The summed E-state index contributed by atoms with van der Waals surface area (Å²) < 4.78 is 23.5. The lowest BCUT2D eigenvalue weighted by atomic mass is 10.2. The topological polar surface area (TPSA) is 90.1 Å². The van der Waals surface area contributed by atoms with E-state index in [2.05, 4.69) is 20.4 Å². The third-order valence-electron chi connectivity index (χ3n) is 4.09. The molecule has 2 heterocycles. The number of aromatic nitrogens is 3. The molecule has 0 atom stereocenters. The first-order chi connectivity index (χ1) is 14.0. The highest BCUT2D eigenvalue weighted by Gasteiger charge is 2.18. The molecule has 2 aromatic heterocycles. The van der Waals surface area contributed by atoms with Gasteiger partial charge in [0.25, 0.3) is 11.8 Å². The average Bonchev–Trinajstić information content (AvgIpc) is 3.35. The lowest BCUT2D eigenvalue weighted by Gasteiger charge is -2.00. The number of benzene rings is 2. The molecular weight excluding hydrogens is 395 g/mol. The second kappa shape index (κ2) is 7.80. The number of nitrogens with zero attached hydrogens (tertiary/aromatic N) is 3. The van der Waals surface area contributed by atoms with Gasteiger partial charge in [-0.1, -0.05) is 16.5 Å². The van der Waals surface area contributed by atoms with Crippen LogP contribution >= 0.6 is 11.3 Å². The van der Waals surface area contributed by atoms with E-state index in [9.17, 15) is 9.18 Å². The van der Waals surface area contributed by atoms with E-state index in [4.69, 9.17) is 9.26 Å². The Morgan fingerprint density at radius 2 is 1.83 bits per heavy atom. The van der Waals surface area contributed by atoms with E-state index >= 15 is 0 Å². The van der Waals surface area contributed by atoms with Gasteiger partial charge in [0.05, 0.1) is 12.8 Å². The number of aryl methyl sites for hydroxylation is 1. The van der Waals surface area contributed by atoms with Crippen LogP contribution in [0.2, 0.25) is 0 Å². The maximum atomic E-state index is 13.0. The predicted molar refractivity (Wildman–Crippen MR) is 106 cm³/mol. The molecule has 0 aliphatic rings. The number of nitrogens with one attached hydrogen (secondary N) is 1. The molecule has 2 aromatic carbocycles. The highest BCUT2D eigenvalue weighted by molar-refractivity contribution is 7.19. The molecule has 0 unspecified atom stereocenters. The van der Waals surface area contributed by atoms with Crippen molar-refractivity contribution in [2.24, 2.45) is 0 Å². The predicted octanol–water partition coefficient (Wildman–Crippen LogP) is 4.57. The molecule has 29 heavy (non-hydrogen) atoms. The summed E-state index contributed by atoms with van der Waals surface area (Å²) in [6.07, 6.45) is 0. The van der Waals surface area contributed by atoms with Crippen molar-refractivity contribution in [3.63, 3.8) is 0 Å². The van der Waals surface area contributed by atoms with E-state index in [1.165, 1.54) is 35.6 Å². The van der Waals surface area contributed by atoms with Crippen LogP contribution < -0.4 is 10.1 Å². The quantitative estimate of drug-likeness (QED) is 0.518. The number of halogens is 1. The normalized spacial score (nSPS) is 10.7. The smallest absolute Gasteiger partial charge is 0.270 e. The number of rotatable bonds is 5. The molecule has 0 spiro atoms. The number of anilines is 1. The molecular formula is C20H15FN4O3S. The molecule has 7 nitrogen and oxygen atoms in total. The first-order valence-electron chi connectivity index (χ1n) is 8.56. The van der Waals surface area contributed by atoms with Gasteiger partial charge in [0, 0.05) is 11.1 Å². The second-order valence-electron chi connectivity index (χ2n) is 6.05. The van der Waals surface area contributed by atoms with E-state index < -0.39 is 5.82 Å². The van der Waals surface area contributed by atoms with Crippen LogP contribution in [0.15, 0.2) is 53.1 Å².